The van der Waals surface area contributed by atoms with Crippen LogP contribution in [0.2, 0.25) is 0 Å². The van der Waals surface area contributed by atoms with E-state index in [-0.39, 0.29) is 5.91 Å². The van der Waals surface area contributed by atoms with Crippen LogP contribution in [0.15, 0.2) is 37.5 Å². The second kappa shape index (κ2) is 6.65. The van der Waals surface area contributed by atoms with E-state index in [0.29, 0.717) is 13.1 Å². The summed E-state index contributed by atoms with van der Waals surface area (Å²) in [6, 6.07) is 0. The van der Waals surface area contributed by atoms with E-state index in [1.54, 1.807) is 12.2 Å². The quantitative estimate of drug-likeness (QED) is 0.504. The highest BCUT2D eigenvalue weighted by atomic mass is 16.4. The van der Waals surface area contributed by atoms with Gasteiger partial charge in [0.2, 0.25) is 5.91 Å². The lowest BCUT2D eigenvalue weighted by Gasteiger charge is -2.16. The fraction of sp³-hybridized carbons (Fsp3) is 0.200. The molecule has 0 saturated carbocycles. The van der Waals surface area contributed by atoms with Gasteiger partial charge in [-0.2, -0.15) is 0 Å². The second-order valence-corrected chi connectivity index (χ2v) is 2.49. The number of carboxylic acids is 1. The molecule has 0 aliphatic rings. The lowest BCUT2D eigenvalue weighted by atomic mass is 10.4. The molecule has 0 aromatic rings. The molecule has 76 valence electrons. The Morgan fingerprint density at radius 3 is 2.00 bits per heavy atom. The minimum atomic E-state index is -1.14. The van der Waals surface area contributed by atoms with Crippen LogP contribution in [0.3, 0.4) is 0 Å². The molecule has 0 heterocycles. The lowest BCUT2D eigenvalue weighted by molar-refractivity contribution is -0.132. The van der Waals surface area contributed by atoms with E-state index >= 15 is 0 Å². The molecule has 0 aromatic carbocycles. The van der Waals surface area contributed by atoms with Crippen LogP contribution in [0.25, 0.3) is 0 Å². The first-order valence-electron chi connectivity index (χ1n) is 4.03. The summed E-state index contributed by atoms with van der Waals surface area (Å²) < 4.78 is 0. The van der Waals surface area contributed by atoms with Crippen molar-refractivity contribution < 1.29 is 14.7 Å². The van der Waals surface area contributed by atoms with Crippen molar-refractivity contribution in [3.05, 3.63) is 37.5 Å². The van der Waals surface area contributed by atoms with Crippen LogP contribution in [0.1, 0.15) is 0 Å². The Balaban J connectivity index is 4.34. The van der Waals surface area contributed by atoms with E-state index in [1.807, 2.05) is 0 Å². The van der Waals surface area contributed by atoms with Gasteiger partial charge >= 0.3 is 5.97 Å². The van der Waals surface area contributed by atoms with E-state index < -0.39 is 5.97 Å². The number of hydrogen-bond donors (Lipinski definition) is 1. The maximum absolute atomic E-state index is 11.3. The van der Waals surface area contributed by atoms with E-state index in [1.165, 1.54) is 4.90 Å². The van der Waals surface area contributed by atoms with Crippen molar-refractivity contribution in [2.45, 2.75) is 0 Å². The normalized spacial score (nSPS) is 9.71. The summed E-state index contributed by atoms with van der Waals surface area (Å²) in [5.74, 6) is -1.51. The Bertz CT molecular complexity index is 259. The summed E-state index contributed by atoms with van der Waals surface area (Å²) in [6.45, 7) is 7.72. The van der Waals surface area contributed by atoms with Gasteiger partial charge in [-0.3, -0.25) is 4.79 Å². The summed E-state index contributed by atoms with van der Waals surface area (Å²) in [5.41, 5.74) is 0. The average Bonchev–Trinajstić information content (AvgIpc) is 2.14. The van der Waals surface area contributed by atoms with Crippen LogP contribution in [0.5, 0.6) is 0 Å². The summed E-state index contributed by atoms with van der Waals surface area (Å²) in [6.07, 6.45) is 4.95. The number of carbonyl (C=O) groups excluding carboxylic acids is 1. The van der Waals surface area contributed by atoms with Crippen molar-refractivity contribution >= 4 is 11.9 Å². The Morgan fingerprint density at radius 2 is 1.64 bits per heavy atom. The first-order chi connectivity index (χ1) is 6.61. The summed E-state index contributed by atoms with van der Waals surface area (Å²) in [5, 5.41) is 8.31. The maximum Gasteiger partial charge on any atom is 0.328 e. The molecule has 0 aliphatic heterocycles. The van der Waals surface area contributed by atoms with Crippen molar-refractivity contribution in [2.75, 3.05) is 13.1 Å². The predicted octanol–water partition coefficient (Wildman–Crippen LogP) is 0.828. The number of rotatable bonds is 6. The number of hydrogen-bond acceptors (Lipinski definition) is 2. The zero-order chi connectivity index (χ0) is 11.0. The molecule has 1 amide bonds. The van der Waals surface area contributed by atoms with E-state index in [4.69, 9.17) is 5.11 Å². The van der Waals surface area contributed by atoms with Gasteiger partial charge in [0.1, 0.15) is 0 Å². The largest absolute Gasteiger partial charge is 0.478 e. The first-order valence-corrected chi connectivity index (χ1v) is 4.03. The van der Waals surface area contributed by atoms with Crippen LogP contribution in [0, 0.1) is 0 Å². The number of carboxylic acid groups (broad SMARTS) is 1. The molecular formula is C10H13NO3. The molecule has 0 atom stereocenters. The van der Waals surface area contributed by atoms with Gasteiger partial charge in [0.05, 0.1) is 0 Å². The minimum absolute atomic E-state index is 0.368. The van der Waals surface area contributed by atoms with Gasteiger partial charge in [0.15, 0.2) is 0 Å². The molecule has 1 N–H and O–H groups in total. The van der Waals surface area contributed by atoms with Gasteiger partial charge in [-0.1, -0.05) is 12.2 Å². The fourth-order valence-electron chi connectivity index (χ4n) is 0.814. The Labute approximate surface area is 82.8 Å². The van der Waals surface area contributed by atoms with Gasteiger partial charge in [0.25, 0.3) is 0 Å². The number of aliphatic carboxylic acids is 1. The number of amides is 1. The Kier molecular flexibility index (Phi) is 5.78. The van der Waals surface area contributed by atoms with Crippen LogP contribution in [-0.2, 0) is 9.59 Å². The molecule has 4 heteroatoms. The van der Waals surface area contributed by atoms with Crippen molar-refractivity contribution in [2.24, 2.45) is 0 Å². The number of nitrogens with zero attached hydrogens (tertiary/aromatic N) is 1. The SMILES string of the molecule is C=CCN(CC=C)C(=O)/C=C\C(=O)O. The van der Waals surface area contributed by atoms with Crippen LogP contribution < -0.4 is 0 Å². The molecule has 0 fully saturated rings. The Morgan fingerprint density at radius 1 is 1.14 bits per heavy atom. The van der Waals surface area contributed by atoms with Gasteiger partial charge in [-0.25, -0.2) is 4.79 Å². The molecule has 0 radical (unpaired) electrons. The molecule has 14 heavy (non-hydrogen) atoms. The third-order valence-electron chi connectivity index (χ3n) is 1.38. The molecule has 0 rings (SSSR count). The molecule has 4 nitrogen and oxygen atoms in total. The highest BCUT2D eigenvalue weighted by molar-refractivity contribution is 5.94. The average molecular weight is 195 g/mol. The van der Waals surface area contributed by atoms with Crippen LogP contribution in [0.4, 0.5) is 0 Å². The third kappa shape index (κ3) is 4.92. The third-order valence-corrected chi connectivity index (χ3v) is 1.38. The monoisotopic (exact) mass is 195 g/mol. The van der Waals surface area contributed by atoms with Gasteiger partial charge in [0, 0.05) is 25.2 Å². The van der Waals surface area contributed by atoms with Crippen LogP contribution >= 0.6 is 0 Å². The Hall–Kier alpha value is -1.84. The van der Waals surface area contributed by atoms with Gasteiger partial charge in [-0.05, 0) is 0 Å². The highest BCUT2D eigenvalue weighted by Gasteiger charge is 2.06. The zero-order valence-electron chi connectivity index (χ0n) is 7.85. The smallest absolute Gasteiger partial charge is 0.328 e. The zero-order valence-corrected chi connectivity index (χ0v) is 7.85. The highest BCUT2D eigenvalue weighted by Crippen LogP contribution is 1.92. The van der Waals surface area contributed by atoms with E-state index in [2.05, 4.69) is 13.2 Å². The lowest BCUT2D eigenvalue weighted by Crippen LogP contribution is -2.29. The molecule has 0 bridgehead atoms. The van der Waals surface area contributed by atoms with Crippen LogP contribution in [-0.4, -0.2) is 35.0 Å². The van der Waals surface area contributed by atoms with E-state index in [0.717, 1.165) is 12.2 Å². The standard InChI is InChI=1S/C10H13NO3/c1-3-7-11(8-4-2)9(12)5-6-10(13)14/h3-6H,1-2,7-8H2,(H,13,14)/b6-5-. The number of carbonyl (C=O) groups is 2. The van der Waals surface area contributed by atoms with Crippen molar-refractivity contribution in [1.29, 1.82) is 0 Å². The molecule has 0 saturated heterocycles. The molecule has 0 unspecified atom stereocenters. The van der Waals surface area contributed by atoms with Gasteiger partial charge < -0.3 is 10.0 Å². The van der Waals surface area contributed by atoms with Crippen molar-refractivity contribution in [3.8, 4) is 0 Å². The molecule has 0 aromatic heterocycles. The maximum atomic E-state index is 11.3. The van der Waals surface area contributed by atoms with Crippen molar-refractivity contribution in [3.63, 3.8) is 0 Å². The molecule has 0 aliphatic carbocycles. The van der Waals surface area contributed by atoms with E-state index in [9.17, 15) is 9.59 Å². The summed E-state index contributed by atoms with van der Waals surface area (Å²) in [4.78, 5) is 22.9. The predicted molar refractivity (Wildman–Crippen MR) is 53.7 cm³/mol. The topological polar surface area (TPSA) is 57.6 Å². The molecule has 0 spiro atoms. The summed E-state index contributed by atoms with van der Waals surface area (Å²) >= 11 is 0. The van der Waals surface area contributed by atoms with Crippen molar-refractivity contribution in [1.82, 2.24) is 4.90 Å². The fourth-order valence-corrected chi connectivity index (χ4v) is 0.814. The second-order valence-electron chi connectivity index (χ2n) is 2.49. The van der Waals surface area contributed by atoms with Gasteiger partial charge in [-0.15, -0.1) is 13.2 Å². The summed E-state index contributed by atoms with van der Waals surface area (Å²) in [7, 11) is 0. The molecular weight excluding hydrogens is 182 g/mol. The first kappa shape index (κ1) is 12.2. The minimum Gasteiger partial charge on any atom is -0.478 e.